The monoisotopic (exact) mass is 497 g/mol. The molecule has 0 saturated carbocycles. The van der Waals surface area contributed by atoms with E-state index in [1.807, 2.05) is 0 Å². The summed E-state index contributed by atoms with van der Waals surface area (Å²) in [6.45, 7) is 6.21. The van der Waals surface area contributed by atoms with Crippen LogP contribution in [0.2, 0.25) is 0 Å². The zero-order valence-electron chi connectivity index (χ0n) is 16.0. The van der Waals surface area contributed by atoms with Gasteiger partial charge in [0.15, 0.2) is 0 Å². The van der Waals surface area contributed by atoms with E-state index in [4.69, 9.17) is 0 Å². The van der Waals surface area contributed by atoms with Gasteiger partial charge in [-0.25, -0.2) is 0 Å². The van der Waals surface area contributed by atoms with Gasteiger partial charge in [0.2, 0.25) is 0 Å². The normalized spacial score (nSPS) is 11.4. The average Bonchev–Trinajstić information content (AvgIpc) is 3.17. The molecule has 2 aromatic heterocycles. The van der Waals surface area contributed by atoms with E-state index < -0.39 is 0 Å². The topological polar surface area (TPSA) is 33.6 Å². The fraction of sp³-hybridized carbons (Fsp3) is 0.261. The highest BCUT2D eigenvalue weighted by molar-refractivity contribution is 9.10. The molecule has 0 amide bonds. The smallest absolute Gasteiger partial charge is 0.102 e. The SMILES string of the molecule is CCCn1cc(-c2c(C#N)c3cc(Br)ccc3n2CCC)c2cc(Br)ccc21. The van der Waals surface area contributed by atoms with Crippen LogP contribution in [0.3, 0.4) is 0 Å². The molecule has 0 aliphatic heterocycles. The standard InChI is InChI=1S/C23H21Br2N3/c1-3-9-27-14-20(18-12-15(24)5-7-21(18)27)23-19(13-26)17-11-16(25)6-8-22(17)28(23)10-4-2/h5-8,11-12,14H,3-4,9-10H2,1-2H3. The van der Waals surface area contributed by atoms with Crippen molar-refractivity contribution in [1.82, 2.24) is 9.13 Å². The highest BCUT2D eigenvalue weighted by Crippen LogP contribution is 2.40. The van der Waals surface area contributed by atoms with Crippen molar-refractivity contribution in [2.24, 2.45) is 0 Å². The molecule has 0 atom stereocenters. The number of fused-ring (bicyclic) bond motifs is 2. The molecule has 5 heteroatoms. The minimum absolute atomic E-state index is 0.750. The lowest BCUT2D eigenvalue weighted by Crippen LogP contribution is -1.99. The van der Waals surface area contributed by atoms with Crippen LogP contribution in [0.4, 0.5) is 0 Å². The molecule has 0 unspecified atom stereocenters. The zero-order chi connectivity index (χ0) is 19.8. The van der Waals surface area contributed by atoms with Gasteiger partial charge in [0.05, 0.1) is 11.3 Å². The van der Waals surface area contributed by atoms with E-state index in [1.54, 1.807) is 0 Å². The van der Waals surface area contributed by atoms with E-state index in [2.05, 4.69) is 104 Å². The summed E-state index contributed by atoms with van der Waals surface area (Å²) in [4.78, 5) is 0. The molecule has 0 radical (unpaired) electrons. The van der Waals surface area contributed by atoms with Crippen LogP contribution in [-0.2, 0) is 13.1 Å². The summed E-state index contributed by atoms with van der Waals surface area (Å²) in [5, 5.41) is 12.3. The van der Waals surface area contributed by atoms with Crippen molar-refractivity contribution in [2.45, 2.75) is 39.8 Å². The van der Waals surface area contributed by atoms with E-state index in [0.717, 1.165) is 62.6 Å². The number of hydrogen-bond donors (Lipinski definition) is 0. The third-order valence-corrected chi connectivity index (χ3v) is 6.13. The Kier molecular flexibility index (Phi) is 5.35. The van der Waals surface area contributed by atoms with Crippen LogP contribution >= 0.6 is 31.9 Å². The second kappa shape index (κ2) is 7.77. The summed E-state index contributed by atoms with van der Waals surface area (Å²) < 4.78 is 6.66. The van der Waals surface area contributed by atoms with Gasteiger partial charge in [0.25, 0.3) is 0 Å². The fourth-order valence-electron chi connectivity index (χ4n) is 4.06. The molecule has 0 fully saturated rings. The maximum absolute atomic E-state index is 10.1. The van der Waals surface area contributed by atoms with E-state index in [0.29, 0.717) is 0 Å². The van der Waals surface area contributed by atoms with E-state index in [9.17, 15) is 5.26 Å². The molecule has 4 aromatic rings. The first kappa shape index (κ1) is 19.3. The van der Waals surface area contributed by atoms with Crippen LogP contribution in [0.1, 0.15) is 32.3 Å². The summed E-state index contributed by atoms with van der Waals surface area (Å²) in [6.07, 6.45) is 4.29. The van der Waals surface area contributed by atoms with E-state index in [-0.39, 0.29) is 0 Å². The number of rotatable bonds is 5. The molecule has 0 aliphatic rings. The van der Waals surface area contributed by atoms with Crippen molar-refractivity contribution < 1.29 is 0 Å². The van der Waals surface area contributed by atoms with Crippen LogP contribution < -0.4 is 0 Å². The van der Waals surface area contributed by atoms with Gasteiger partial charge in [-0.1, -0.05) is 45.7 Å². The summed E-state index contributed by atoms with van der Waals surface area (Å²) >= 11 is 7.20. The first-order chi connectivity index (χ1) is 13.6. The molecule has 4 rings (SSSR count). The van der Waals surface area contributed by atoms with Crippen LogP contribution in [0.25, 0.3) is 33.1 Å². The summed E-state index contributed by atoms with van der Waals surface area (Å²) in [7, 11) is 0. The molecular weight excluding hydrogens is 478 g/mol. The largest absolute Gasteiger partial charge is 0.347 e. The third kappa shape index (κ3) is 3.09. The number of benzene rings is 2. The van der Waals surface area contributed by atoms with Crippen molar-refractivity contribution in [3.05, 3.63) is 57.1 Å². The number of nitriles is 1. The van der Waals surface area contributed by atoms with Gasteiger partial charge in [-0.2, -0.15) is 5.26 Å². The van der Waals surface area contributed by atoms with Gasteiger partial charge < -0.3 is 9.13 Å². The Bertz CT molecular complexity index is 1220. The molecule has 0 spiro atoms. The molecule has 0 aliphatic carbocycles. The minimum atomic E-state index is 0.750. The second-order valence-corrected chi connectivity index (χ2v) is 8.88. The number of aryl methyl sites for hydroxylation is 2. The lowest BCUT2D eigenvalue weighted by atomic mass is 10.1. The predicted molar refractivity (Wildman–Crippen MR) is 124 cm³/mol. The molecule has 0 saturated heterocycles. The second-order valence-electron chi connectivity index (χ2n) is 7.05. The van der Waals surface area contributed by atoms with Crippen molar-refractivity contribution in [3.8, 4) is 17.3 Å². The Balaban J connectivity index is 2.13. The number of nitrogens with zero attached hydrogens (tertiary/aromatic N) is 3. The Hall–Kier alpha value is -2.03. The van der Waals surface area contributed by atoms with Crippen LogP contribution in [0, 0.1) is 11.3 Å². The highest BCUT2D eigenvalue weighted by Gasteiger charge is 2.22. The number of halogens is 2. The van der Waals surface area contributed by atoms with Crippen molar-refractivity contribution in [1.29, 1.82) is 5.26 Å². The van der Waals surface area contributed by atoms with Gasteiger partial charge in [-0.3, -0.25) is 0 Å². The van der Waals surface area contributed by atoms with Crippen molar-refractivity contribution >= 4 is 53.7 Å². The van der Waals surface area contributed by atoms with Crippen LogP contribution in [-0.4, -0.2) is 9.13 Å². The molecule has 2 aromatic carbocycles. The zero-order valence-corrected chi connectivity index (χ0v) is 19.1. The lowest BCUT2D eigenvalue weighted by molar-refractivity contribution is 0.699. The number of aromatic nitrogens is 2. The Morgan fingerprint density at radius 2 is 1.54 bits per heavy atom. The molecule has 2 heterocycles. The lowest BCUT2D eigenvalue weighted by Gasteiger charge is -2.09. The maximum atomic E-state index is 10.1. The predicted octanol–water partition coefficient (Wildman–Crippen LogP) is 7.48. The van der Waals surface area contributed by atoms with E-state index >= 15 is 0 Å². The maximum Gasteiger partial charge on any atom is 0.102 e. The Labute approximate surface area is 181 Å². The van der Waals surface area contributed by atoms with Crippen LogP contribution in [0.5, 0.6) is 0 Å². The summed E-state index contributed by atoms with van der Waals surface area (Å²) in [5.41, 5.74) is 5.22. The molecule has 3 nitrogen and oxygen atoms in total. The summed E-state index contributed by atoms with van der Waals surface area (Å²) in [5.74, 6) is 0. The first-order valence-electron chi connectivity index (χ1n) is 9.59. The van der Waals surface area contributed by atoms with Gasteiger partial charge >= 0.3 is 0 Å². The van der Waals surface area contributed by atoms with Gasteiger partial charge in [-0.15, -0.1) is 0 Å². The minimum Gasteiger partial charge on any atom is -0.347 e. The van der Waals surface area contributed by atoms with Crippen molar-refractivity contribution in [2.75, 3.05) is 0 Å². The molecular formula is C23H21Br2N3. The molecule has 142 valence electrons. The van der Waals surface area contributed by atoms with E-state index in [1.165, 1.54) is 10.9 Å². The fourth-order valence-corrected chi connectivity index (χ4v) is 4.78. The van der Waals surface area contributed by atoms with Gasteiger partial charge in [0, 0.05) is 55.6 Å². The first-order valence-corrected chi connectivity index (χ1v) is 11.2. The van der Waals surface area contributed by atoms with Gasteiger partial charge in [0.1, 0.15) is 6.07 Å². The van der Waals surface area contributed by atoms with Crippen LogP contribution in [0.15, 0.2) is 51.5 Å². The number of hydrogen-bond acceptors (Lipinski definition) is 1. The Morgan fingerprint density at radius 3 is 2.18 bits per heavy atom. The highest BCUT2D eigenvalue weighted by atomic mass is 79.9. The third-order valence-electron chi connectivity index (χ3n) is 5.15. The molecule has 0 N–H and O–H groups in total. The average molecular weight is 499 g/mol. The van der Waals surface area contributed by atoms with Gasteiger partial charge in [-0.05, 0) is 49.2 Å². The molecule has 0 bridgehead atoms. The Morgan fingerprint density at radius 1 is 0.893 bits per heavy atom. The quantitative estimate of drug-likeness (QED) is 0.280. The van der Waals surface area contributed by atoms with Crippen molar-refractivity contribution in [3.63, 3.8) is 0 Å². The summed E-state index contributed by atoms with van der Waals surface area (Å²) in [6, 6.07) is 15.1. The molecule has 28 heavy (non-hydrogen) atoms.